The van der Waals surface area contributed by atoms with Crippen LogP contribution < -0.4 is 48.6 Å². The summed E-state index contributed by atoms with van der Waals surface area (Å²) in [6.07, 6.45) is 8.43. The molecule has 42 heteroatoms. The zero-order chi connectivity index (χ0) is 104. The first kappa shape index (κ1) is 105. The van der Waals surface area contributed by atoms with Crippen molar-refractivity contribution in [1.29, 1.82) is 15.8 Å². The highest BCUT2D eigenvalue weighted by molar-refractivity contribution is 6.38. The van der Waals surface area contributed by atoms with Crippen LogP contribution in [0.25, 0.3) is 83.9 Å². The molecule has 3 aromatic carbocycles. The van der Waals surface area contributed by atoms with Gasteiger partial charge in [-0.05, 0) is 151 Å². The number of hydrogen-bond acceptors (Lipinski definition) is 21. The number of benzene rings is 3. The number of nitrogen functional groups attached to an aromatic ring is 3. The summed E-state index contributed by atoms with van der Waals surface area (Å²) in [5, 5.41) is 28.4. The molecule has 732 valence electrons. The number of anilines is 6. The lowest BCUT2D eigenvalue weighted by Crippen LogP contribution is -2.58. The van der Waals surface area contributed by atoms with Crippen molar-refractivity contribution >= 4 is 155 Å². The van der Waals surface area contributed by atoms with Gasteiger partial charge in [0.25, 0.3) is 16.7 Å². The molecule has 12 heterocycles. The van der Waals surface area contributed by atoms with Crippen molar-refractivity contribution in [2.24, 2.45) is 0 Å². The molecule has 3 fully saturated rings. The minimum absolute atomic E-state index is 0.0786. The van der Waals surface area contributed by atoms with Crippen molar-refractivity contribution in [1.82, 2.24) is 58.3 Å². The predicted molar refractivity (Wildman–Crippen MR) is 530 cm³/mol. The Morgan fingerprint density at radius 3 is 0.865 bits per heavy atom. The lowest BCUT2D eigenvalue weighted by atomic mass is 10.0. The van der Waals surface area contributed by atoms with Gasteiger partial charge >= 0.3 is 0 Å². The molecule has 3 saturated heterocycles. The van der Waals surface area contributed by atoms with Gasteiger partial charge in [-0.3, -0.25) is 57.4 Å². The fourth-order valence-electron chi connectivity index (χ4n) is 18.8. The van der Waals surface area contributed by atoms with E-state index in [1.165, 1.54) is 50.1 Å². The zero-order valence-electron chi connectivity index (χ0n) is 78.4. The molecule has 0 saturated carbocycles. The van der Waals surface area contributed by atoms with Crippen LogP contribution in [0.2, 0.25) is 30.1 Å². The van der Waals surface area contributed by atoms with Crippen LogP contribution in [0.4, 0.5) is 73.6 Å². The summed E-state index contributed by atoms with van der Waals surface area (Å²) >= 11 is 38.2. The van der Waals surface area contributed by atoms with Gasteiger partial charge in [-0.2, -0.15) is 15.8 Å². The Balaban J connectivity index is 0.000000178. The fraction of sp³-hybridized carbons (Fsp3) is 0.303. The molecule has 0 unspecified atom stereocenters. The highest BCUT2D eigenvalue weighted by atomic mass is 35.5. The summed E-state index contributed by atoms with van der Waals surface area (Å²) in [4.78, 5) is 119. The third-order valence-corrected chi connectivity index (χ3v) is 26.8. The number of aryl methyl sites for hydroxylation is 3. The van der Waals surface area contributed by atoms with Gasteiger partial charge in [-0.15, -0.1) is 0 Å². The summed E-state index contributed by atoms with van der Waals surface area (Å²) in [7, 11) is 0. The molecule has 0 spiro atoms. The van der Waals surface area contributed by atoms with Gasteiger partial charge in [-0.1, -0.05) is 131 Å². The Morgan fingerprint density at radius 1 is 0.383 bits per heavy atom. The van der Waals surface area contributed by atoms with Crippen LogP contribution in [-0.4, -0.2) is 152 Å². The van der Waals surface area contributed by atoms with Crippen LogP contribution in [0.1, 0.15) is 151 Å². The number of nitriles is 3. The first-order chi connectivity index (χ1) is 66.5. The third kappa shape index (κ3) is 18.1. The maximum Gasteiger partial charge on any atom is 0.276 e. The van der Waals surface area contributed by atoms with Crippen LogP contribution >= 0.6 is 69.6 Å². The molecule has 3 aliphatic heterocycles. The Morgan fingerprint density at radius 2 is 0.624 bits per heavy atom. The molecule has 12 aromatic rings. The lowest BCUT2D eigenvalue weighted by Gasteiger charge is -2.45. The number of carbonyl (C=O) groups excluding carboxylic acids is 3. The van der Waals surface area contributed by atoms with Gasteiger partial charge in [0, 0.05) is 110 Å². The lowest BCUT2D eigenvalue weighted by molar-refractivity contribution is -0.131. The Labute approximate surface area is 832 Å². The second kappa shape index (κ2) is 40.8. The second-order valence-electron chi connectivity index (χ2n) is 35.3. The number of piperazine rings is 3. The van der Waals surface area contributed by atoms with Crippen LogP contribution in [0.15, 0.2) is 107 Å². The molecule has 3 aliphatic rings. The summed E-state index contributed by atoms with van der Waals surface area (Å²) < 4.78 is 138. The first-order valence-electron chi connectivity index (χ1n) is 43.9. The predicted octanol–water partition coefficient (Wildman–Crippen LogP) is 20.0. The number of nitrogens with zero attached hydrogens (tertiary/aromatic N) is 18. The van der Waals surface area contributed by atoms with E-state index in [1.807, 2.05) is 83.1 Å². The van der Waals surface area contributed by atoms with E-state index in [1.54, 1.807) is 87.0 Å². The average Bonchev–Trinajstić information content (AvgIpc) is 0.725. The normalized spacial score (nSPS) is 16.6. The molecular formula is C99H90Cl6F9N21O6. The maximum atomic E-state index is 15.5. The maximum absolute atomic E-state index is 15.5. The molecule has 0 bridgehead atoms. The number of rotatable bonds is 15. The van der Waals surface area contributed by atoms with Crippen LogP contribution in [0.5, 0.6) is 0 Å². The standard InChI is InChI=1S/3C33H30Cl2F3N7O2/c1-7-21(46)44-16(5)12-43(13-17(44)6)31-18-10-20(34)29(22-24(36)23(35)26(38)27(40)25(22)37)42-32(18)45(33(47)19(31)11-39)30-15(4)8-9-41-28(30)14(2)3;2*1-7-21(46)44-16(5)12-43(13-17(44)6)31-18-10-20(34)29(22-23(35)25(37)26(38)27(40)24(22)36)42-32(18)45(33(47)19(31)11-39)30-15(4)8-9-41-28(30)14(2)3/h3*7-10,14,16-17H,1,12-13,40H2,2-6H3/t3*16-,17+. The van der Waals surface area contributed by atoms with Crippen molar-refractivity contribution in [3.63, 3.8) is 0 Å². The van der Waals surface area contributed by atoms with Gasteiger partial charge in [0.1, 0.15) is 73.9 Å². The largest absolute Gasteiger partial charge is 0.394 e. The average molecular weight is 2050 g/mol. The molecule has 15 rings (SSSR count). The van der Waals surface area contributed by atoms with E-state index in [0.29, 0.717) is 50.8 Å². The molecule has 0 radical (unpaired) electrons. The van der Waals surface area contributed by atoms with Gasteiger partial charge < -0.3 is 46.6 Å². The summed E-state index contributed by atoms with van der Waals surface area (Å²) in [5.74, 6) is -15.2. The van der Waals surface area contributed by atoms with Gasteiger partial charge in [0.05, 0.1) is 110 Å². The highest BCUT2D eigenvalue weighted by Gasteiger charge is 2.42. The Hall–Kier alpha value is -13.8. The molecule has 6 atom stereocenters. The van der Waals surface area contributed by atoms with Crippen molar-refractivity contribution in [2.45, 2.75) is 158 Å². The van der Waals surface area contributed by atoms with Crippen LogP contribution in [0, 0.1) is 107 Å². The van der Waals surface area contributed by atoms with Gasteiger partial charge in [-0.25, -0.2) is 54.5 Å². The van der Waals surface area contributed by atoms with E-state index < -0.39 is 135 Å². The second-order valence-corrected chi connectivity index (χ2v) is 37.7. The number of fused-ring (bicyclic) bond motifs is 3. The zero-order valence-corrected chi connectivity index (χ0v) is 82.9. The summed E-state index contributed by atoms with van der Waals surface area (Å²) in [6.45, 7) is 39.5. The number of nitrogens with two attached hydrogens (primary N) is 3. The number of pyridine rings is 9. The number of aromatic nitrogens is 9. The third-order valence-electron chi connectivity index (χ3n) is 24.9. The van der Waals surface area contributed by atoms with Crippen LogP contribution in [-0.2, 0) is 14.4 Å². The number of amides is 3. The molecule has 27 nitrogen and oxygen atoms in total. The van der Waals surface area contributed by atoms with Crippen molar-refractivity contribution in [3.05, 3.63) is 257 Å². The minimum atomic E-state index is -1.67. The van der Waals surface area contributed by atoms with E-state index >= 15 is 17.6 Å². The number of carbonyl (C=O) groups is 3. The summed E-state index contributed by atoms with van der Waals surface area (Å²) in [5.41, 5.74) is 11.4. The number of halogens is 15. The molecule has 141 heavy (non-hydrogen) atoms. The monoisotopic (exact) mass is 2050 g/mol. The fourth-order valence-corrected chi connectivity index (χ4v) is 20.3. The molecule has 0 aliphatic carbocycles. The van der Waals surface area contributed by atoms with Gasteiger partial charge in [0.15, 0.2) is 52.4 Å². The van der Waals surface area contributed by atoms with Crippen molar-refractivity contribution < 1.29 is 53.9 Å². The van der Waals surface area contributed by atoms with Crippen LogP contribution in [0.3, 0.4) is 0 Å². The minimum Gasteiger partial charge on any atom is -0.394 e. The van der Waals surface area contributed by atoms with E-state index in [-0.39, 0.29) is 193 Å². The topological polar surface area (TPSA) is 363 Å². The number of hydrogen-bond donors (Lipinski definition) is 3. The Kier molecular flexibility index (Phi) is 30.3. The molecule has 9 aromatic heterocycles. The summed E-state index contributed by atoms with van der Waals surface area (Å²) in [6, 6.07) is 13.1. The highest BCUT2D eigenvalue weighted by Crippen LogP contribution is 2.49. The first-order valence-corrected chi connectivity index (χ1v) is 46.1. The SMILES string of the molecule is C=CC(=O)N1[C@H](C)CN(c2c(C#N)c(=O)n(-c3c(C)ccnc3C(C)C)c3nc(-c4c(F)c(N)c(F)c(Cl)c4F)c(Cl)cc23)C[C@@H]1C.C=CC(=O)N1[C@H](C)CN(c2c(C#N)c(=O)n(-c3c(C)ccnc3C(C)C)c3nc(-c4c(F)c(N)c(F)c(F)c4Cl)c(Cl)cc23)C[C@@H]1C.C=CC(=O)N1[C@H](C)CN(c2c(C#N)c(=O)n(-c3c(C)ccnc3C(C)C)c3nc(-c4c(F)c(N)c(F)c(F)c4Cl)c(Cl)cc23)C[C@@H]1C. The van der Waals surface area contributed by atoms with E-state index in [0.717, 1.165) is 0 Å². The Bertz CT molecular complexity index is 6860. The van der Waals surface area contributed by atoms with E-state index in [2.05, 4.69) is 67.8 Å². The van der Waals surface area contributed by atoms with Crippen molar-refractivity contribution in [2.75, 3.05) is 71.2 Å². The van der Waals surface area contributed by atoms with Gasteiger partial charge in [0.2, 0.25) is 17.7 Å². The van der Waals surface area contributed by atoms with E-state index in [4.69, 9.17) is 86.8 Å². The molecule has 6 N–H and O–H groups in total. The smallest absolute Gasteiger partial charge is 0.276 e. The quantitative estimate of drug-likeness (QED) is 0.0282. The molecule has 3 amide bonds. The van der Waals surface area contributed by atoms with Crippen molar-refractivity contribution in [3.8, 4) is 69.0 Å². The molecular weight excluding hydrogens is 1960 g/mol. The van der Waals surface area contributed by atoms with E-state index in [9.17, 15) is 66.5 Å².